The first-order chi connectivity index (χ1) is 9.65. The van der Waals surface area contributed by atoms with E-state index in [1.165, 1.54) is 38.0 Å². The number of nitrogens with one attached hydrogen (secondary N) is 1. The van der Waals surface area contributed by atoms with Gasteiger partial charge in [-0.3, -0.25) is 0 Å². The molecule has 1 N–H and O–H groups in total. The second-order valence-corrected chi connectivity index (χ2v) is 6.69. The lowest BCUT2D eigenvalue weighted by Gasteiger charge is -2.34. The lowest BCUT2D eigenvalue weighted by atomic mass is 9.99. The van der Waals surface area contributed by atoms with Gasteiger partial charge >= 0.3 is 0 Å². The molecule has 0 bridgehead atoms. The molecule has 0 amide bonds. The van der Waals surface area contributed by atoms with Gasteiger partial charge < -0.3 is 10.2 Å². The molecule has 2 rings (SSSR count). The maximum Gasteiger partial charge on any atom is 0.00916 e. The Morgan fingerprint density at radius 1 is 1.10 bits per heavy atom. The Labute approximate surface area is 124 Å². The summed E-state index contributed by atoms with van der Waals surface area (Å²) in [6.07, 6.45) is 2.60. The number of rotatable bonds is 6. The van der Waals surface area contributed by atoms with Crippen LogP contribution in [0.3, 0.4) is 0 Å². The van der Waals surface area contributed by atoms with Crippen molar-refractivity contribution in [2.24, 2.45) is 5.92 Å². The van der Waals surface area contributed by atoms with Crippen molar-refractivity contribution in [1.29, 1.82) is 0 Å². The Morgan fingerprint density at radius 2 is 1.75 bits per heavy atom. The maximum atomic E-state index is 3.77. The summed E-state index contributed by atoms with van der Waals surface area (Å²) in [6, 6.07) is 11.5. The van der Waals surface area contributed by atoms with Crippen LogP contribution >= 0.6 is 0 Å². The number of hydrogen-bond acceptors (Lipinski definition) is 2. The molecule has 1 atom stereocenters. The van der Waals surface area contributed by atoms with Crippen molar-refractivity contribution in [3.8, 4) is 0 Å². The highest BCUT2D eigenvalue weighted by atomic mass is 15.1. The normalized spacial score (nSPS) is 19.4. The number of hydrogen-bond donors (Lipinski definition) is 1. The molecule has 1 aromatic rings. The van der Waals surface area contributed by atoms with Crippen molar-refractivity contribution < 1.29 is 0 Å². The molecule has 2 heteroatoms. The molecule has 1 fully saturated rings. The van der Waals surface area contributed by atoms with E-state index in [4.69, 9.17) is 0 Å². The predicted octanol–water partition coefficient (Wildman–Crippen LogP) is 3.50. The third-order valence-corrected chi connectivity index (χ3v) is 4.29. The van der Waals surface area contributed by atoms with Gasteiger partial charge in [0, 0.05) is 19.1 Å². The molecular formula is C18H30N2. The fourth-order valence-corrected chi connectivity index (χ4v) is 3.08. The van der Waals surface area contributed by atoms with Gasteiger partial charge in [0.2, 0.25) is 0 Å². The molecule has 1 heterocycles. The van der Waals surface area contributed by atoms with Crippen LogP contribution in [-0.2, 0) is 0 Å². The first-order valence-corrected chi connectivity index (χ1v) is 8.16. The van der Waals surface area contributed by atoms with E-state index in [0.717, 1.165) is 12.5 Å². The summed E-state index contributed by atoms with van der Waals surface area (Å²) in [4.78, 5) is 2.61. The molecule has 1 aromatic carbocycles. The van der Waals surface area contributed by atoms with E-state index in [9.17, 15) is 0 Å². The van der Waals surface area contributed by atoms with Crippen LogP contribution in [0.5, 0.6) is 0 Å². The molecule has 1 aliphatic rings. The van der Waals surface area contributed by atoms with Crippen molar-refractivity contribution in [1.82, 2.24) is 10.2 Å². The van der Waals surface area contributed by atoms with Crippen LogP contribution in [-0.4, -0.2) is 37.1 Å². The minimum Gasteiger partial charge on any atom is -0.313 e. The zero-order chi connectivity index (χ0) is 14.4. The Bertz CT molecular complexity index is 366. The number of piperidine rings is 1. The monoisotopic (exact) mass is 274 g/mol. The molecule has 0 aromatic heterocycles. The summed E-state index contributed by atoms with van der Waals surface area (Å²) in [6.45, 7) is 11.8. The Kier molecular flexibility index (Phi) is 6.06. The fourth-order valence-electron chi connectivity index (χ4n) is 3.08. The van der Waals surface area contributed by atoms with Crippen LogP contribution in [0.4, 0.5) is 0 Å². The second-order valence-electron chi connectivity index (χ2n) is 6.69. The van der Waals surface area contributed by atoms with E-state index in [1.807, 2.05) is 0 Å². The highest BCUT2D eigenvalue weighted by Gasteiger charge is 2.19. The zero-order valence-corrected chi connectivity index (χ0v) is 13.3. The van der Waals surface area contributed by atoms with Gasteiger partial charge in [-0.05, 0) is 43.3 Å². The average Bonchev–Trinajstić information content (AvgIpc) is 2.46. The lowest BCUT2D eigenvalue weighted by molar-refractivity contribution is 0.179. The van der Waals surface area contributed by atoms with Crippen molar-refractivity contribution in [3.05, 3.63) is 35.9 Å². The molecule has 0 radical (unpaired) electrons. The molecule has 0 saturated carbocycles. The van der Waals surface area contributed by atoms with E-state index in [0.29, 0.717) is 12.0 Å². The minimum atomic E-state index is 0.602. The highest BCUT2D eigenvalue weighted by molar-refractivity contribution is 5.19. The zero-order valence-electron chi connectivity index (χ0n) is 13.3. The Morgan fingerprint density at radius 3 is 2.35 bits per heavy atom. The first kappa shape index (κ1) is 15.5. The van der Waals surface area contributed by atoms with E-state index in [2.05, 4.69) is 61.3 Å². The van der Waals surface area contributed by atoms with Crippen LogP contribution in [0, 0.1) is 5.92 Å². The smallest absolute Gasteiger partial charge is 0.00916 e. The molecule has 1 aliphatic heterocycles. The summed E-state index contributed by atoms with van der Waals surface area (Å²) < 4.78 is 0. The third kappa shape index (κ3) is 4.92. The van der Waals surface area contributed by atoms with E-state index in [1.54, 1.807) is 0 Å². The SMILES string of the molecule is CC(C)CN1CCC(NCC(C)c2ccccc2)CC1. The van der Waals surface area contributed by atoms with Gasteiger partial charge in [-0.1, -0.05) is 51.1 Å². The number of nitrogens with zero attached hydrogens (tertiary/aromatic N) is 1. The van der Waals surface area contributed by atoms with E-state index < -0.39 is 0 Å². The largest absolute Gasteiger partial charge is 0.313 e. The first-order valence-electron chi connectivity index (χ1n) is 8.16. The second kappa shape index (κ2) is 7.80. The van der Waals surface area contributed by atoms with Crippen LogP contribution in [0.15, 0.2) is 30.3 Å². The van der Waals surface area contributed by atoms with Gasteiger partial charge in [0.15, 0.2) is 0 Å². The predicted molar refractivity (Wildman–Crippen MR) is 87.2 cm³/mol. The Hall–Kier alpha value is -0.860. The molecule has 0 spiro atoms. The van der Waals surface area contributed by atoms with Crippen molar-refractivity contribution >= 4 is 0 Å². The number of benzene rings is 1. The molecule has 20 heavy (non-hydrogen) atoms. The van der Waals surface area contributed by atoms with Crippen LogP contribution < -0.4 is 5.32 Å². The summed E-state index contributed by atoms with van der Waals surface area (Å²) >= 11 is 0. The molecule has 0 aliphatic carbocycles. The summed E-state index contributed by atoms with van der Waals surface area (Å²) in [7, 11) is 0. The standard InChI is InChI=1S/C18H30N2/c1-15(2)14-20-11-9-18(10-12-20)19-13-16(3)17-7-5-4-6-8-17/h4-8,15-16,18-19H,9-14H2,1-3H3. The van der Waals surface area contributed by atoms with Crippen molar-refractivity contribution in [3.63, 3.8) is 0 Å². The summed E-state index contributed by atoms with van der Waals surface area (Å²) in [5.74, 6) is 1.39. The highest BCUT2D eigenvalue weighted by Crippen LogP contribution is 2.16. The van der Waals surface area contributed by atoms with E-state index >= 15 is 0 Å². The Balaban J connectivity index is 1.68. The number of likely N-dealkylation sites (tertiary alicyclic amines) is 1. The van der Waals surface area contributed by atoms with E-state index in [-0.39, 0.29) is 0 Å². The van der Waals surface area contributed by atoms with Gasteiger partial charge in [-0.2, -0.15) is 0 Å². The van der Waals surface area contributed by atoms with Gasteiger partial charge in [0.25, 0.3) is 0 Å². The topological polar surface area (TPSA) is 15.3 Å². The van der Waals surface area contributed by atoms with Crippen molar-refractivity contribution in [2.75, 3.05) is 26.2 Å². The van der Waals surface area contributed by atoms with Gasteiger partial charge in [0.1, 0.15) is 0 Å². The molecule has 112 valence electrons. The molecule has 2 nitrogen and oxygen atoms in total. The third-order valence-electron chi connectivity index (χ3n) is 4.29. The minimum absolute atomic E-state index is 0.602. The van der Waals surface area contributed by atoms with Crippen molar-refractivity contribution in [2.45, 2.75) is 45.6 Å². The molecular weight excluding hydrogens is 244 g/mol. The summed E-state index contributed by atoms with van der Waals surface area (Å²) in [5, 5.41) is 3.77. The van der Waals surface area contributed by atoms with Gasteiger partial charge in [0.05, 0.1) is 0 Å². The quantitative estimate of drug-likeness (QED) is 0.854. The summed E-state index contributed by atoms with van der Waals surface area (Å²) in [5.41, 5.74) is 1.44. The van der Waals surface area contributed by atoms with Crippen LogP contribution in [0.1, 0.15) is 45.1 Å². The van der Waals surface area contributed by atoms with Gasteiger partial charge in [-0.15, -0.1) is 0 Å². The van der Waals surface area contributed by atoms with Gasteiger partial charge in [-0.25, -0.2) is 0 Å². The maximum absolute atomic E-state index is 3.77. The molecule has 1 saturated heterocycles. The molecule has 1 unspecified atom stereocenters. The fraction of sp³-hybridized carbons (Fsp3) is 0.667. The average molecular weight is 274 g/mol. The lowest BCUT2D eigenvalue weighted by Crippen LogP contribution is -2.44. The van der Waals surface area contributed by atoms with Crippen LogP contribution in [0.25, 0.3) is 0 Å². The van der Waals surface area contributed by atoms with Crippen LogP contribution in [0.2, 0.25) is 0 Å².